The molecule has 1 aromatic carbocycles. The number of carbonyl (C=O) groups is 1. The van der Waals surface area contributed by atoms with Crippen molar-refractivity contribution in [2.75, 3.05) is 6.54 Å². The number of aromatic nitrogens is 2. The summed E-state index contributed by atoms with van der Waals surface area (Å²) in [4.78, 5) is 32.8. The maximum atomic E-state index is 12.6. The number of hydrogen-bond acceptors (Lipinski definition) is 4. The largest absolute Gasteiger partial charge is 0.508 e. The second-order valence-electron chi connectivity index (χ2n) is 5.22. The molecule has 0 aliphatic rings. The molecule has 0 atom stereocenters. The standard InChI is InChI=1S/C16H18BrN3O3/c1-4-20(8-11-7-12(17)5-6-13(11)21)16(23)14-15(22)19-10(3)9(2)18-14/h5-7,21H,4,8H2,1-3H3,(H,19,22). The summed E-state index contributed by atoms with van der Waals surface area (Å²) >= 11 is 3.34. The first-order chi connectivity index (χ1) is 10.8. The van der Waals surface area contributed by atoms with Gasteiger partial charge in [0.05, 0.1) is 5.69 Å². The Bertz CT molecular complexity index is 802. The van der Waals surface area contributed by atoms with Gasteiger partial charge in [-0.15, -0.1) is 0 Å². The van der Waals surface area contributed by atoms with Gasteiger partial charge in [0.25, 0.3) is 11.5 Å². The molecule has 0 bridgehead atoms. The molecule has 1 amide bonds. The Morgan fingerprint density at radius 2 is 2.09 bits per heavy atom. The molecule has 1 heterocycles. The van der Waals surface area contributed by atoms with Crippen LogP contribution in [0.15, 0.2) is 27.5 Å². The highest BCUT2D eigenvalue weighted by atomic mass is 79.9. The zero-order chi connectivity index (χ0) is 17.1. The minimum atomic E-state index is -0.505. The molecular formula is C16H18BrN3O3. The second-order valence-corrected chi connectivity index (χ2v) is 6.13. The summed E-state index contributed by atoms with van der Waals surface area (Å²) in [5.41, 5.74) is 1.20. The number of aromatic hydroxyl groups is 1. The molecule has 0 saturated carbocycles. The van der Waals surface area contributed by atoms with Gasteiger partial charge in [0.15, 0.2) is 5.69 Å². The lowest BCUT2D eigenvalue weighted by molar-refractivity contribution is 0.0743. The third-order valence-electron chi connectivity index (χ3n) is 3.61. The van der Waals surface area contributed by atoms with Crippen LogP contribution in [0.25, 0.3) is 0 Å². The Kier molecular flexibility index (Phi) is 5.20. The molecule has 23 heavy (non-hydrogen) atoms. The van der Waals surface area contributed by atoms with E-state index >= 15 is 0 Å². The Morgan fingerprint density at radius 3 is 2.74 bits per heavy atom. The van der Waals surface area contributed by atoms with Gasteiger partial charge in [-0.05, 0) is 39.0 Å². The molecule has 0 fully saturated rings. The maximum absolute atomic E-state index is 12.6. The lowest BCUT2D eigenvalue weighted by Crippen LogP contribution is -2.35. The first-order valence-corrected chi connectivity index (χ1v) is 7.97. The molecule has 7 heteroatoms. The van der Waals surface area contributed by atoms with Gasteiger partial charge in [-0.2, -0.15) is 0 Å². The lowest BCUT2D eigenvalue weighted by atomic mass is 10.2. The quantitative estimate of drug-likeness (QED) is 0.854. The number of rotatable bonds is 4. The van der Waals surface area contributed by atoms with Crippen LogP contribution in [0.4, 0.5) is 0 Å². The van der Waals surface area contributed by atoms with Gasteiger partial charge in [-0.1, -0.05) is 15.9 Å². The number of aryl methyl sites for hydroxylation is 2. The molecule has 0 saturated heterocycles. The third kappa shape index (κ3) is 3.79. The zero-order valence-electron chi connectivity index (χ0n) is 13.2. The minimum absolute atomic E-state index is 0.0985. The number of H-pyrrole nitrogens is 1. The third-order valence-corrected chi connectivity index (χ3v) is 4.11. The number of phenolic OH excluding ortho intramolecular Hbond substituents is 1. The highest BCUT2D eigenvalue weighted by molar-refractivity contribution is 9.10. The predicted molar refractivity (Wildman–Crippen MR) is 90.6 cm³/mol. The highest BCUT2D eigenvalue weighted by Crippen LogP contribution is 2.23. The molecular weight excluding hydrogens is 362 g/mol. The van der Waals surface area contributed by atoms with Crippen molar-refractivity contribution in [2.45, 2.75) is 27.3 Å². The molecule has 122 valence electrons. The number of halogens is 1. The van der Waals surface area contributed by atoms with E-state index in [-0.39, 0.29) is 18.0 Å². The smallest absolute Gasteiger partial charge is 0.279 e. The van der Waals surface area contributed by atoms with Crippen LogP contribution in [0.1, 0.15) is 34.4 Å². The van der Waals surface area contributed by atoms with Crippen molar-refractivity contribution < 1.29 is 9.90 Å². The number of aromatic amines is 1. The van der Waals surface area contributed by atoms with Crippen molar-refractivity contribution in [3.05, 3.63) is 55.7 Å². The SMILES string of the molecule is CCN(Cc1cc(Br)ccc1O)C(=O)c1nc(C)c(C)[nH]c1=O. The average molecular weight is 380 g/mol. The Morgan fingerprint density at radius 1 is 1.39 bits per heavy atom. The number of hydrogen-bond donors (Lipinski definition) is 2. The van der Waals surface area contributed by atoms with Gasteiger partial charge >= 0.3 is 0 Å². The van der Waals surface area contributed by atoms with Crippen LogP contribution in [0.2, 0.25) is 0 Å². The van der Waals surface area contributed by atoms with E-state index in [2.05, 4.69) is 25.9 Å². The van der Waals surface area contributed by atoms with E-state index in [1.807, 2.05) is 6.92 Å². The van der Waals surface area contributed by atoms with E-state index in [0.29, 0.717) is 23.5 Å². The van der Waals surface area contributed by atoms with Crippen LogP contribution < -0.4 is 5.56 Å². The van der Waals surface area contributed by atoms with Gasteiger partial charge in [-0.3, -0.25) is 9.59 Å². The molecule has 0 radical (unpaired) electrons. The summed E-state index contributed by atoms with van der Waals surface area (Å²) in [7, 11) is 0. The summed E-state index contributed by atoms with van der Waals surface area (Å²) < 4.78 is 0.802. The normalized spacial score (nSPS) is 10.6. The van der Waals surface area contributed by atoms with E-state index < -0.39 is 11.5 Å². The lowest BCUT2D eigenvalue weighted by Gasteiger charge is -2.21. The van der Waals surface area contributed by atoms with Crippen molar-refractivity contribution in [1.82, 2.24) is 14.9 Å². The van der Waals surface area contributed by atoms with Crippen molar-refractivity contribution in [3.8, 4) is 5.75 Å². The minimum Gasteiger partial charge on any atom is -0.508 e. The molecule has 2 N–H and O–H groups in total. The van der Waals surface area contributed by atoms with Crippen LogP contribution in [0.5, 0.6) is 5.75 Å². The van der Waals surface area contributed by atoms with E-state index in [1.54, 1.807) is 32.0 Å². The van der Waals surface area contributed by atoms with Crippen molar-refractivity contribution in [1.29, 1.82) is 0 Å². The topological polar surface area (TPSA) is 86.3 Å². The van der Waals surface area contributed by atoms with Crippen molar-refractivity contribution >= 4 is 21.8 Å². The van der Waals surface area contributed by atoms with E-state index in [0.717, 1.165) is 4.47 Å². The first-order valence-electron chi connectivity index (χ1n) is 7.17. The fourth-order valence-electron chi connectivity index (χ4n) is 2.13. The van der Waals surface area contributed by atoms with Crippen LogP contribution in [0.3, 0.4) is 0 Å². The highest BCUT2D eigenvalue weighted by Gasteiger charge is 2.21. The fourth-order valence-corrected chi connectivity index (χ4v) is 2.54. The van der Waals surface area contributed by atoms with Gasteiger partial charge in [0.2, 0.25) is 0 Å². The summed E-state index contributed by atoms with van der Waals surface area (Å²) in [6.07, 6.45) is 0. The average Bonchev–Trinajstić information content (AvgIpc) is 2.51. The molecule has 0 aliphatic heterocycles. The Hall–Kier alpha value is -2.15. The monoisotopic (exact) mass is 379 g/mol. The van der Waals surface area contributed by atoms with E-state index in [1.165, 1.54) is 4.90 Å². The van der Waals surface area contributed by atoms with E-state index in [4.69, 9.17) is 0 Å². The van der Waals surface area contributed by atoms with Gasteiger partial charge in [-0.25, -0.2) is 4.98 Å². The summed E-state index contributed by atoms with van der Waals surface area (Å²) in [6.45, 7) is 5.85. The molecule has 2 aromatic rings. The number of nitrogens with one attached hydrogen (secondary N) is 1. The van der Waals surface area contributed by atoms with Crippen LogP contribution in [-0.2, 0) is 6.54 Å². The first kappa shape index (κ1) is 17.2. The second kappa shape index (κ2) is 6.95. The molecule has 0 aliphatic carbocycles. The number of benzene rings is 1. The number of carbonyl (C=O) groups excluding carboxylic acids is 1. The molecule has 0 spiro atoms. The van der Waals surface area contributed by atoms with Crippen molar-refractivity contribution in [3.63, 3.8) is 0 Å². The molecule has 6 nitrogen and oxygen atoms in total. The maximum Gasteiger partial charge on any atom is 0.279 e. The van der Waals surface area contributed by atoms with Gasteiger partial charge in [0.1, 0.15) is 5.75 Å². The predicted octanol–water partition coefficient (Wildman–Crippen LogP) is 2.52. The summed E-state index contributed by atoms with van der Waals surface area (Å²) in [5, 5.41) is 9.92. The Balaban J connectivity index is 2.34. The summed E-state index contributed by atoms with van der Waals surface area (Å²) in [6, 6.07) is 5.01. The number of phenols is 1. The van der Waals surface area contributed by atoms with Crippen molar-refractivity contribution in [2.24, 2.45) is 0 Å². The van der Waals surface area contributed by atoms with Crippen LogP contribution in [-0.4, -0.2) is 32.4 Å². The zero-order valence-corrected chi connectivity index (χ0v) is 14.8. The van der Waals surface area contributed by atoms with Gasteiger partial charge in [0, 0.05) is 28.8 Å². The summed E-state index contributed by atoms with van der Waals surface area (Å²) in [5.74, 6) is -0.363. The number of amides is 1. The number of nitrogens with zero attached hydrogens (tertiary/aromatic N) is 2. The van der Waals surface area contributed by atoms with Crippen LogP contribution in [0, 0.1) is 13.8 Å². The molecule has 0 unspecified atom stereocenters. The molecule has 1 aromatic heterocycles. The fraction of sp³-hybridized carbons (Fsp3) is 0.312. The molecule has 2 rings (SSSR count). The van der Waals surface area contributed by atoms with E-state index in [9.17, 15) is 14.7 Å². The van der Waals surface area contributed by atoms with Gasteiger partial charge < -0.3 is 15.0 Å². The Labute approximate surface area is 142 Å². The van der Waals surface area contributed by atoms with Crippen LogP contribution >= 0.6 is 15.9 Å².